The van der Waals surface area contributed by atoms with Crippen molar-refractivity contribution in [1.29, 1.82) is 0 Å². The third-order valence-corrected chi connectivity index (χ3v) is 7.36. The van der Waals surface area contributed by atoms with Gasteiger partial charge in [-0.3, -0.25) is 0 Å². The van der Waals surface area contributed by atoms with E-state index in [1.807, 2.05) is 0 Å². The lowest BCUT2D eigenvalue weighted by Crippen LogP contribution is -2.52. The highest BCUT2D eigenvalue weighted by atomic mass is 15.3. The first-order chi connectivity index (χ1) is 10.6. The maximum Gasteiger partial charge on any atom is 0.0409 e. The molecule has 4 aliphatic rings. The number of rotatable bonds is 0. The van der Waals surface area contributed by atoms with Crippen LogP contribution in [0.1, 0.15) is 64.4 Å². The van der Waals surface area contributed by atoms with E-state index < -0.39 is 0 Å². The van der Waals surface area contributed by atoms with Gasteiger partial charge < -0.3 is 4.90 Å². The van der Waals surface area contributed by atoms with Crippen molar-refractivity contribution < 1.29 is 0 Å². The van der Waals surface area contributed by atoms with Crippen LogP contribution in [0.5, 0.6) is 0 Å². The summed E-state index contributed by atoms with van der Waals surface area (Å²) in [6.07, 6.45) is 7.54. The highest BCUT2D eigenvalue weighted by molar-refractivity contribution is 5.65. The lowest BCUT2D eigenvalue weighted by atomic mass is 9.65. The van der Waals surface area contributed by atoms with Crippen molar-refractivity contribution in [3.8, 4) is 0 Å². The minimum atomic E-state index is 0.240. The molecule has 1 heterocycles. The molecular formula is C21H29N. The molecule has 118 valence electrons. The van der Waals surface area contributed by atoms with Crippen LogP contribution in [0.4, 0.5) is 5.69 Å². The molecule has 1 aromatic rings. The van der Waals surface area contributed by atoms with Crippen LogP contribution in [0.3, 0.4) is 0 Å². The summed E-state index contributed by atoms with van der Waals surface area (Å²) in [5.41, 5.74) is 3.47. The maximum atomic E-state index is 2.82. The average molecular weight is 295 g/mol. The van der Waals surface area contributed by atoms with Gasteiger partial charge >= 0.3 is 0 Å². The van der Waals surface area contributed by atoms with E-state index in [1.165, 1.54) is 32.1 Å². The van der Waals surface area contributed by atoms with Crippen LogP contribution in [-0.2, 0) is 0 Å². The van der Waals surface area contributed by atoms with Crippen molar-refractivity contribution in [2.24, 2.45) is 23.7 Å². The molecule has 1 heteroatoms. The van der Waals surface area contributed by atoms with E-state index >= 15 is 0 Å². The van der Waals surface area contributed by atoms with Crippen molar-refractivity contribution in [2.45, 2.75) is 70.4 Å². The van der Waals surface area contributed by atoms with Crippen LogP contribution in [0.15, 0.2) is 24.3 Å². The van der Waals surface area contributed by atoms with Gasteiger partial charge in [-0.15, -0.1) is 0 Å². The Morgan fingerprint density at radius 1 is 0.909 bits per heavy atom. The number of hydrogen-bond donors (Lipinski definition) is 0. The van der Waals surface area contributed by atoms with E-state index in [9.17, 15) is 0 Å². The van der Waals surface area contributed by atoms with E-state index in [1.54, 1.807) is 11.3 Å². The summed E-state index contributed by atoms with van der Waals surface area (Å²) < 4.78 is 0. The first-order valence-electron chi connectivity index (χ1n) is 9.45. The van der Waals surface area contributed by atoms with Gasteiger partial charge in [0.25, 0.3) is 0 Å². The van der Waals surface area contributed by atoms with Gasteiger partial charge in [0.05, 0.1) is 0 Å². The molecule has 0 radical (unpaired) electrons. The molecule has 0 amide bonds. The molecule has 0 saturated heterocycles. The summed E-state index contributed by atoms with van der Waals surface area (Å²) >= 11 is 0. The minimum Gasteiger partial charge on any atom is -0.363 e. The van der Waals surface area contributed by atoms with Crippen LogP contribution in [0.2, 0.25) is 0 Å². The van der Waals surface area contributed by atoms with Gasteiger partial charge in [-0.05, 0) is 75.3 Å². The van der Waals surface area contributed by atoms with Crippen molar-refractivity contribution in [2.75, 3.05) is 4.90 Å². The van der Waals surface area contributed by atoms with E-state index in [-0.39, 0.29) is 5.54 Å². The lowest BCUT2D eigenvalue weighted by molar-refractivity contribution is 0.123. The van der Waals surface area contributed by atoms with Gasteiger partial charge in [-0.2, -0.15) is 0 Å². The first kappa shape index (κ1) is 13.5. The number of para-hydroxylation sites is 1. The summed E-state index contributed by atoms with van der Waals surface area (Å²) in [7, 11) is 0. The Kier molecular flexibility index (Phi) is 2.63. The zero-order chi connectivity index (χ0) is 15.1. The molecule has 0 spiro atoms. The first-order valence-corrected chi connectivity index (χ1v) is 9.45. The largest absolute Gasteiger partial charge is 0.363 e. The lowest BCUT2D eigenvalue weighted by Gasteiger charge is -2.48. The summed E-state index contributed by atoms with van der Waals surface area (Å²) in [6.45, 7) is 7.24. The zero-order valence-corrected chi connectivity index (χ0v) is 14.3. The molecule has 6 atom stereocenters. The molecule has 3 fully saturated rings. The summed E-state index contributed by atoms with van der Waals surface area (Å²) in [6, 6.07) is 10.1. The molecule has 1 aliphatic heterocycles. The monoisotopic (exact) mass is 295 g/mol. The predicted molar refractivity (Wildman–Crippen MR) is 92.2 cm³/mol. The molecule has 0 N–H and O–H groups in total. The Bertz CT molecular complexity index is 598. The number of benzene rings is 1. The Morgan fingerprint density at radius 3 is 2.32 bits per heavy atom. The zero-order valence-electron chi connectivity index (χ0n) is 14.3. The minimum absolute atomic E-state index is 0.240. The smallest absolute Gasteiger partial charge is 0.0409 e. The van der Waals surface area contributed by atoms with Crippen LogP contribution >= 0.6 is 0 Å². The van der Waals surface area contributed by atoms with E-state index in [0.717, 1.165) is 35.6 Å². The van der Waals surface area contributed by atoms with Gasteiger partial charge in [0.15, 0.2) is 0 Å². The number of hydrogen-bond acceptors (Lipinski definition) is 1. The number of anilines is 1. The van der Waals surface area contributed by atoms with Gasteiger partial charge in [0, 0.05) is 23.2 Å². The Hall–Kier alpha value is -0.980. The molecule has 0 aromatic heterocycles. The molecule has 1 aromatic carbocycles. The van der Waals surface area contributed by atoms with Gasteiger partial charge in [0.2, 0.25) is 0 Å². The van der Waals surface area contributed by atoms with Gasteiger partial charge in [-0.25, -0.2) is 0 Å². The maximum absolute atomic E-state index is 2.82. The molecular weight excluding hydrogens is 266 g/mol. The Morgan fingerprint density at radius 2 is 1.59 bits per heavy atom. The van der Waals surface area contributed by atoms with E-state index in [4.69, 9.17) is 0 Å². The van der Waals surface area contributed by atoms with Crippen molar-refractivity contribution >= 4 is 5.69 Å². The second-order valence-electron chi connectivity index (χ2n) is 9.29. The molecule has 22 heavy (non-hydrogen) atoms. The topological polar surface area (TPSA) is 3.24 Å². The average Bonchev–Trinajstić information content (AvgIpc) is 3.13. The quantitative estimate of drug-likeness (QED) is 0.635. The molecule has 2 bridgehead atoms. The van der Waals surface area contributed by atoms with Crippen LogP contribution in [0.25, 0.3) is 0 Å². The molecule has 3 aliphatic carbocycles. The summed E-state index contributed by atoms with van der Waals surface area (Å²) in [5, 5.41) is 0. The Balaban J connectivity index is 1.64. The second-order valence-corrected chi connectivity index (χ2v) is 9.29. The third-order valence-electron chi connectivity index (χ3n) is 7.36. The van der Waals surface area contributed by atoms with Gasteiger partial charge in [-0.1, -0.05) is 31.0 Å². The fraction of sp³-hybridized carbons (Fsp3) is 0.714. The molecule has 2 unspecified atom stereocenters. The summed E-state index contributed by atoms with van der Waals surface area (Å²) in [5.74, 6) is 4.87. The fourth-order valence-corrected chi connectivity index (χ4v) is 6.97. The number of fused-ring (bicyclic) bond motifs is 10. The third kappa shape index (κ3) is 1.56. The van der Waals surface area contributed by atoms with Crippen LogP contribution in [-0.4, -0.2) is 11.6 Å². The molecule has 1 nitrogen and oxygen atoms in total. The second kappa shape index (κ2) is 4.30. The standard InChI is InChI=1S/C21H29N/c1-21(2,3)22-18-11-7-6-10-15(18)19-16-12-17(20(19)22)14-9-5-4-8-13(14)16/h6-7,10-11,13-14,16-17,19-20H,4-5,8-9,12H2,1-3H3/t13-,14+,16?,17?,19+,20-/m1/s1. The SMILES string of the molecule is CC(C)(C)N1c2ccccc2[C@H]2C3CC([C@H]4CCCC[C@@H]34)[C@H]21. The van der Waals surface area contributed by atoms with Crippen molar-refractivity contribution in [3.05, 3.63) is 29.8 Å². The molecule has 3 saturated carbocycles. The van der Waals surface area contributed by atoms with Gasteiger partial charge in [0.1, 0.15) is 0 Å². The Labute approximate surface area is 135 Å². The highest BCUT2D eigenvalue weighted by Gasteiger charge is 2.63. The highest BCUT2D eigenvalue weighted by Crippen LogP contribution is 2.68. The van der Waals surface area contributed by atoms with Crippen molar-refractivity contribution in [3.63, 3.8) is 0 Å². The van der Waals surface area contributed by atoms with E-state index in [2.05, 4.69) is 49.9 Å². The normalized spacial score (nSPS) is 42.2. The predicted octanol–water partition coefficient (Wildman–Crippen LogP) is 5.21. The van der Waals surface area contributed by atoms with Crippen LogP contribution < -0.4 is 4.90 Å². The molecule has 5 rings (SSSR count). The van der Waals surface area contributed by atoms with Crippen molar-refractivity contribution in [1.82, 2.24) is 0 Å². The number of nitrogens with zero attached hydrogens (tertiary/aromatic N) is 1. The fourth-order valence-electron chi connectivity index (χ4n) is 6.97. The summed E-state index contributed by atoms with van der Waals surface area (Å²) in [4.78, 5) is 2.82. The van der Waals surface area contributed by atoms with Crippen LogP contribution in [0, 0.1) is 23.7 Å². The van der Waals surface area contributed by atoms with E-state index in [0.29, 0.717) is 0 Å².